The number of hydrogen-bond acceptors (Lipinski definition) is 5. The van der Waals surface area contributed by atoms with E-state index in [0.717, 1.165) is 43.1 Å². The van der Waals surface area contributed by atoms with Crippen LogP contribution in [0.25, 0.3) is 0 Å². The Bertz CT molecular complexity index is 871. The number of nitrogens with zero attached hydrogens (tertiary/aromatic N) is 2. The minimum atomic E-state index is -0.0944. The summed E-state index contributed by atoms with van der Waals surface area (Å²) in [6.07, 6.45) is 0.756. The molecule has 0 bridgehead atoms. The van der Waals surface area contributed by atoms with Gasteiger partial charge in [0.15, 0.2) is 0 Å². The van der Waals surface area contributed by atoms with Gasteiger partial charge in [0.25, 0.3) is 0 Å². The van der Waals surface area contributed by atoms with Gasteiger partial charge in [-0.15, -0.1) is 0 Å². The Kier molecular flexibility index (Phi) is 6.77. The van der Waals surface area contributed by atoms with Crippen LogP contribution >= 0.6 is 23.4 Å². The third kappa shape index (κ3) is 5.13. The second-order valence-corrected chi connectivity index (χ2v) is 9.08. The third-order valence-corrected chi connectivity index (χ3v) is 6.99. The second kappa shape index (κ2) is 9.49. The summed E-state index contributed by atoms with van der Waals surface area (Å²) in [5, 5.41) is 13.0. The number of rotatable bonds is 5. The maximum atomic E-state index is 12.9. The largest absolute Gasteiger partial charge is 0.395 e. The van der Waals surface area contributed by atoms with Crippen LogP contribution in [0.3, 0.4) is 0 Å². The quantitative estimate of drug-likeness (QED) is 0.762. The molecule has 0 spiro atoms. The number of carbonyl (C=O) groups is 1. The van der Waals surface area contributed by atoms with Gasteiger partial charge >= 0.3 is 0 Å². The summed E-state index contributed by atoms with van der Waals surface area (Å²) in [6, 6.07) is 14.2. The second-order valence-electron chi connectivity index (χ2n) is 7.56. The van der Waals surface area contributed by atoms with Crippen molar-refractivity contribution in [2.24, 2.45) is 0 Å². The number of carbonyl (C=O) groups excluding carboxylic acids is 1. The Morgan fingerprint density at radius 2 is 1.86 bits per heavy atom. The van der Waals surface area contributed by atoms with Crippen LogP contribution in [0.1, 0.15) is 17.2 Å². The lowest BCUT2D eigenvalue weighted by atomic mass is 9.99. The van der Waals surface area contributed by atoms with Crippen molar-refractivity contribution in [1.29, 1.82) is 0 Å². The van der Waals surface area contributed by atoms with Crippen molar-refractivity contribution < 1.29 is 9.90 Å². The summed E-state index contributed by atoms with van der Waals surface area (Å²) in [7, 11) is 0. The van der Waals surface area contributed by atoms with Crippen molar-refractivity contribution in [1.82, 2.24) is 15.1 Å². The molecule has 29 heavy (non-hydrogen) atoms. The van der Waals surface area contributed by atoms with Gasteiger partial charge < -0.3 is 10.4 Å². The SMILES string of the molecule is O=C(CN1CCN(CCO)CC1)NC1Cc2ccccc2Sc2ccc(Cl)cc21. The van der Waals surface area contributed by atoms with Gasteiger partial charge in [-0.05, 0) is 41.8 Å². The van der Waals surface area contributed by atoms with Gasteiger partial charge in [0.1, 0.15) is 0 Å². The van der Waals surface area contributed by atoms with Crippen molar-refractivity contribution in [2.45, 2.75) is 22.3 Å². The van der Waals surface area contributed by atoms with Gasteiger partial charge in [-0.25, -0.2) is 0 Å². The van der Waals surface area contributed by atoms with E-state index in [1.807, 2.05) is 24.3 Å². The van der Waals surface area contributed by atoms with Crippen molar-refractivity contribution in [3.63, 3.8) is 0 Å². The number of fused-ring (bicyclic) bond motifs is 2. The van der Waals surface area contributed by atoms with E-state index in [0.29, 0.717) is 18.1 Å². The maximum Gasteiger partial charge on any atom is 0.234 e. The van der Waals surface area contributed by atoms with Crippen LogP contribution in [-0.4, -0.2) is 66.7 Å². The Labute approximate surface area is 181 Å². The molecule has 1 unspecified atom stereocenters. The van der Waals surface area contributed by atoms with Crippen molar-refractivity contribution in [3.05, 3.63) is 58.6 Å². The predicted molar refractivity (Wildman–Crippen MR) is 117 cm³/mol. The molecule has 1 fully saturated rings. The zero-order valence-electron chi connectivity index (χ0n) is 16.3. The summed E-state index contributed by atoms with van der Waals surface area (Å²) in [6.45, 7) is 4.76. The number of nitrogens with one attached hydrogen (secondary N) is 1. The molecule has 0 radical (unpaired) electrons. The maximum absolute atomic E-state index is 12.9. The normalized spacial score (nSPS) is 19.9. The molecule has 7 heteroatoms. The van der Waals surface area contributed by atoms with Crippen LogP contribution in [0.4, 0.5) is 0 Å². The summed E-state index contributed by atoms with van der Waals surface area (Å²) >= 11 is 8.02. The highest BCUT2D eigenvalue weighted by atomic mass is 35.5. The molecule has 1 saturated heterocycles. The lowest BCUT2D eigenvalue weighted by Gasteiger charge is -2.34. The Morgan fingerprint density at radius 1 is 1.10 bits per heavy atom. The Morgan fingerprint density at radius 3 is 2.66 bits per heavy atom. The van der Waals surface area contributed by atoms with Crippen LogP contribution in [-0.2, 0) is 11.2 Å². The van der Waals surface area contributed by atoms with Crippen LogP contribution in [0.2, 0.25) is 5.02 Å². The summed E-state index contributed by atoms with van der Waals surface area (Å²) in [5.74, 6) is 0.0425. The van der Waals surface area contributed by atoms with E-state index in [1.165, 1.54) is 10.5 Å². The molecule has 154 valence electrons. The first-order valence-electron chi connectivity index (χ1n) is 10.0. The molecule has 1 atom stereocenters. The standard InChI is InChI=1S/C22H26ClN3O2S/c23-17-5-6-21-18(14-17)19(13-16-3-1-2-4-20(16)29-21)24-22(28)15-26-9-7-25(8-10-26)11-12-27/h1-6,14,19,27H,7-13,15H2,(H,24,28). The van der Waals surface area contributed by atoms with E-state index < -0.39 is 0 Å². The highest BCUT2D eigenvalue weighted by molar-refractivity contribution is 7.99. The number of aliphatic hydroxyl groups is 1. The minimum absolute atomic E-state index is 0.0425. The topological polar surface area (TPSA) is 55.8 Å². The molecule has 0 aliphatic carbocycles. The van der Waals surface area contributed by atoms with Crippen molar-refractivity contribution in [3.8, 4) is 0 Å². The summed E-state index contributed by atoms with van der Waals surface area (Å²) in [4.78, 5) is 19.6. The molecule has 4 rings (SSSR count). The molecule has 2 aromatic carbocycles. The average molecular weight is 432 g/mol. The predicted octanol–water partition coefficient (Wildman–Crippen LogP) is 2.81. The van der Waals surface area contributed by atoms with E-state index in [2.05, 4.69) is 33.3 Å². The smallest absolute Gasteiger partial charge is 0.234 e. The molecule has 2 aromatic rings. The molecule has 1 amide bonds. The van der Waals surface area contributed by atoms with Crippen LogP contribution < -0.4 is 5.32 Å². The molecular weight excluding hydrogens is 406 g/mol. The number of β-amino-alcohol motifs (C(OH)–C–C–N with tert-alkyl or cyclic N) is 1. The number of piperazine rings is 1. The van der Waals surface area contributed by atoms with Crippen LogP contribution in [0.5, 0.6) is 0 Å². The molecule has 5 nitrogen and oxygen atoms in total. The highest BCUT2D eigenvalue weighted by Crippen LogP contribution is 2.41. The Hall–Kier alpha value is -1.57. The lowest BCUT2D eigenvalue weighted by molar-refractivity contribution is -0.123. The van der Waals surface area contributed by atoms with E-state index in [4.69, 9.17) is 16.7 Å². The number of amides is 1. The van der Waals surface area contributed by atoms with Crippen LogP contribution in [0.15, 0.2) is 52.3 Å². The first-order chi connectivity index (χ1) is 14.1. The van der Waals surface area contributed by atoms with Gasteiger partial charge in [0.2, 0.25) is 5.91 Å². The molecule has 0 saturated carbocycles. The van der Waals surface area contributed by atoms with Crippen LogP contribution in [0, 0.1) is 0 Å². The monoisotopic (exact) mass is 431 g/mol. The Balaban J connectivity index is 1.46. The number of benzene rings is 2. The summed E-state index contributed by atoms with van der Waals surface area (Å²) in [5.41, 5.74) is 2.33. The van der Waals surface area contributed by atoms with Gasteiger partial charge in [-0.1, -0.05) is 41.6 Å². The van der Waals surface area contributed by atoms with Crippen molar-refractivity contribution >= 4 is 29.3 Å². The average Bonchev–Trinajstić information content (AvgIpc) is 2.86. The fraction of sp³-hybridized carbons (Fsp3) is 0.409. The van der Waals surface area contributed by atoms with E-state index in [9.17, 15) is 4.79 Å². The number of hydrogen-bond donors (Lipinski definition) is 2. The number of aliphatic hydroxyl groups excluding tert-OH is 1. The zero-order valence-corrected chi connectivity index (χ0v) is 17.9. The molecule has 2 heterocycles. The zero-order chi connectivity index (χ0) is 20.2. The molecule has 0 aromatic heterocycles. The third-order valence-electron chi connectivity index (χ3n) is 5.55. The number of halogens is 1. The first-order valence-corrected chi connectivity index (χ1v) is 11.2. The van der Waals surface area contributed by atoms with Gasteiger partial charge in [0, 0.05) is 47.5 Å². The van der Waals surface area contributed by atoms with Crippen molar-refractivity contribution in [2.75, 3.05) is 45.9 Å². The van der Waals surface area contributed by atoms with Gasteiger partial charge in [-0.3, -0.25) is 14.6 Å². The fourth-order valence-electron chi connectivity index (χ4n) is 3.99. The highest BCUT2D eigenvalue weighted by Gasteiger charge is 2.25. The molecule has 2 aliphatic heterocycles. The van der Waals surface area contributed by atoms with E-state index in [1.54, 1.807) is 11.8 Å². The van der Waals surface area contributed by atoms with Gasteiger partial charge in [0.05, 0.1) is 19.2 Å². The van der Waals surface area contributed by atoms with Gasteiger partial charge in [-0.2, -0.15) is 0 Å². The fourth-order valence-corrected chi connectivity index (χ4v) is 5.29. The first kappa shape index (κ1) is 20.7. The lowest BCUT2D eigenvalue weighted by Crippen LogP contribution is -2.50. The minimum Gasteiger partial charge on any atom is -0.395 e. The van der Waals surface area contributed by atoms with E-state index >= 15 is 0 Å². The van der Waals surface area contributed by atoms with E-state index in [-0.39, 0.29) is 18.6 Å². The molecular formula is C22H26ClN3O2S. The summed E-state index contributed by atoms with van der Waals surface area (Å²) < 4.78 is 0. The molecule has 2 N–H and O–H groups in total. The molecule has 2 aliphatic rings.